The Labute approximate surface area is 125 Å². The van der Waals surface area contributed by atoms with Crippen molar-refractivity contribution in [3.05, 3.63) is 57.2 Å². The van der Waals surface area contributed by atoms with Gasteiger partial charge >= 0.3 is 0 Å². The molecule has 19 heavy (non-hydrogen) atoms. The lowest BCUT2D eigenvalue weighted by molar-refractivity contribution is 0.424. The Morgan fingerprint density at radius 3 is 2.79 bits per heavy atom. The van der Waals surface area contributed by atoms with Gasteiger partial charge in [-0.15, -0.1) is 0 Å². The smallest absolute Gasteiger partial charge is 0.169 e. The Morgan fingerprint density at radius 1 is 1.37 bits per heavy atom. The number of benzene rings is 1. The molecule has 0 saturated heterocycles. The first-order valence-corrected chi connectivity index (χ1v) is 7.23. The third-order valence-corrected chi connectivity index (χ3v) is 3.49. The van der Waals surface area contributed by atoms with Crippen molar-refractivity contribution in [1.82, 2.24) is 5.32 Å². The highest BCUT2D eigenvalue weighted by Crippen LogP contribution is 2.30. The van der Waals surface area contributed by atoms with Crippen LogP contribution >= 0.6 is 27.5 Å². The van der Waals surface area contributed by atoms with Crippen LogP contribution in [0.2, 0.25) is 5.02 Å². The summed E-state index contributed by atoms with van der Waals surface area (Å²) in [6.45, 7) is 2.81. The number of rotatable bonds is 5. The van der Waals surface area contributed by atoms with Crippen LogP contribution in [-0.4, -0.2) is 6.54 Å². The van der Waals surface area contributed by atoms with E-state index in [0.29, 0.717) is 16.0 Å². The van der Waals surface area contributed by atoms with Crippen molar-refractivity contribution in [2.75, 3.05) is 6.54 Å². The average molecular weight is 347 g/mol. The van der Waals surface area contributed by atoms with Crippen LogP contribution in [0.1, 0.15) is 30.7 Å². The van der Waals surface area contributed by atoms with Crippen molar-refractivity contribution >= 4 is 27.5 Å². The molecule has 0 bridgehead atoms. The molecule has 1 heterocycles. The van der Waals surface area contributed by atoms with Gasteiger partial charge in [0.05, 0.1) is 11.1 Å². The van der Waals surface area contributed by atoms with Gasteiger partial charge in [-0.1, -0.05) is 30.7 Å². The van der Waals surface area contributed by atoms with Crippen LogP contribution in [0.5, 0.6) is 0 Å². The maximum Gasteiger partial charge on any atom is 0.169 e. The fourth-order valence-electron chi connectivity index (χ4n) is 1.88. The normalized spacial score (nSPS) is 12.6. The fraction of sp³-hybridized carbons (Fsp3) is 0.286. The summed E-state index contributed by atoms with van der Waals surface area (Å²) in [4.78, 5) is 0. The number of furan rings is 1. The molecule has 2 aromatic rings. The number of hydrogen-bond donors (Lipinski definition) is 1. The van der Waals surface area contributed by atoms with E-state index in [0.717, 1.165) is 13.0 Å². The molecule has 5 heteroatoms. The van der Waals surface area contributed by atoms with E-state index >= 15 is 0 Å². The van der Waals surface area contributed by atoms with Gasteiger partial charge in [0.1, 0.15) is 11.6 Å². The van der Waals surface area contributed by atoms with Gasteiger partial charge < -0.3 is 9.73 Å². The van der Waals surface area contributed by atoms with Crippen molar-refractivity contribution in [1.29, 1.82) is 0 Å². The molecule has 1 unspecified atom stereocenters. The van der Waals surface area contributed by atoms with Gasteiger partial charge in [-0.2, -0.15) is 0 Å². The number of hydrogen-bond acceptors (Lipinski definition) is 2. The Morgan fingerprint density at radius 2 is 2.16 bits per heavy atom. The summed E-state index contributed by atoms with van der Waals surface area (Å²) in [5.41, 5.74) is 0.489. The van der Waals surface area contributed by atoms with Crippen LogP contribution in [0.3, 0.4) is 0 Å². The quantitative estimate of drug-likeness (QED) is 0.831. The topological polar surface area (TPSA) is 25.2 Å². The summed E-state index contributed by atoms with van der Waals surface area (Å²) in [5, 5.41) is 3.39. The molecule has 1 aromatic carbocycles. The molecular formula is C14H14BrClFNO. The highest BCUT2D eigenvalue weighted by molar-refractivity contribution is 9.10. The van der Waals surface area contributed by atoms with Gasteiger partial charge in [0.2, 0.25) is 0 Å². The molecule has 0 aliphatic heterocycles. The second-order valence-corrected chi connectivity index (χ2v) is 5.36. The maximum absolute atomic E-state index is 14.1. The van der Waals surface area contributed by atoms with E-state index in [1.54, 1.807) is 18.2 Å². The van der Waals surface area contributed by atoms with E-state index in [1.807, 2.05) is 6.07 Å². The first kappa shape index (κ1) is 14.6. The second kappa shape index (κ2) is 6.55. The molecule has 1 N–H and O–H groups in total. The van der Waals surface area contributed by atoms with E-state index in [1.165, 1.54) is 6.07 Å². The number of halogens is 3. The van der Waals surface area contributed by atoms with Gasteiger partial charge in [0.15, 0.2) is 4.67 Å². The minimum Gasteiger partial charge on any atom is -0.452 e. The van der Waals surface area contributed by atoms with Crippen LogP contribution < -0.4 is 5.32 Å². The minimum atomic E-state index is -0.412. The molecule has 1 atom stereocenters. The molecule has 1 aromatic heterocycles. The molecule has 102 valence electrons. The molecule has 0 amide bonds. The Bertz CT molecular complexity index is 558. The zero-order valence-corrected chi connectivity index (χ0v) is 12.8. The van der Waals surface area contributed by atoms with Crippen molar-refractivity contribution in [3.63, 3.8) is 0 Å². The van der Waals surface area contributed by atoms with E-state index in [9.17, 15) is 4.39 Å². The lowest BCUT2D eigenvalue weighted by atomic mass is 10.0. The third-order valence-electron chi connectivity index (χ3n) is 2.77. The molecule has 2 nitrogen and oxygen atoms in total. The number of nitrogens with one attached hydrogen (secondary N) is 1. The van der Waals surface area contributed by atoms with E-state index in [2.05, 4.69) is 28.2 Å². The zero-order chi connectivity index (χ0) is 13.8. The summed E-state index contributed by atoms with van der Waals surface area (Å²) in [6.07, 6.45) is 0.945. The second-order valence-electron chi connectivity index (χ2n) is 4.17. The molecule has 0 spiro atoms. The molecule has 0 radical (unpaired) electrons. The van der Waals surface area contributed by atoms with Crippen LogP contribution in [-0.2, 0) is 0 Å². The SMILES string of the molecule is CCCNC(c1ccc(Br)o1)c1cccc(Cl)c1F. The predicted molar refractivity (Wildman–Crippen MR) is 78.0 cm³/mol. The minimum absolute atomic E-state index is 0.117. The average Bonchev–Trinajstić information content (AvgIpc) is 2.81. The summed E-state index contributed by atoms with van der Waals surface area (Å²) in [5.74, 6) is 0.242. The molecule has 0 aliphatic rings. The van der Waals surface area contributed by atoms with Crippen LogP contribution in [0, 0.1) is 5.82 Å². The van der Waals surface area contributed by atoms with Crippen LogP contribution in [0.25, 0.3) is 0 Å². The first-order chi connectivity index (χ1) is 9.13. The standard InChI is InChI=1S/C14H14BrClFNO/c1-2-8-18-14(11-6-7-12(15)19-11)9-4-3-5-10(16)13(9)17/h3-7,14,18H,2,8H2,1H3. The highest BCUT2D eigenvalue weighted by Gasteiger charge is 2.21. The lowest BCUT2D eigenvalue weighted by Gasteiger charge is -2.17. The summed E-state index contributed by atoms with van der Waals surface area (Å²) in [7, 11) is 0. The molecule has 2 rings (SSSR count). The molecule has 0 aliphatic carbocycles. The van der Waals surface area contributed by atoms with Gasteiger partial charge in [-0.05, 0) is 47.1 Å². The molecule has 0 fully saturated rings. The fourth-order valence-corrected chi connectivity index (χ4v) is 2.38. The first-order valence-electron chi connectivity index (χ1n) is 6.06. The van der Waals surface area contributed by atoms with Gasteiger partial charge in [0, 0.05) is 5.56 Å². The Hall–Kier alpha value is -0.840. The Balaban J connectivity index is 2.39. The van der Waals surface area contributed by atoms with E-state index in [4.69, 9.17) is 16.0 Å². The van der Waals surface area contributed by atoms with E-state index < -0.39 is 5.82 Å². The van der Waals surface area contributed by atoms with Gasteiger partial charge in [0.25, 0.3) is 0 Å². The van der Waals surface area contributed by atoms with Crippen molar-refractivity contribution < 1.29 is 8.81 Å². The zero-order valence-electron chi connectivity index (χ0n) is 10.4. The van der Waals surface area contributed by atoms with Gasteiger partial charge in [-0.3, -0.25) is 0 Å². The van der Waals surface area contributed by atoms with Crippen LogP contribution in [0.15, 0.2) is 39.4 Å². The third kappa shape index (κ3) is 3.38. The van der Waals surface area contributed by atoms with Crippen molar-refractivity contribution in [2.45, 2.75) is 19.4 Å². The van der Waals surface area contributed by atoms with E-state index in [-0.39, 0.29) is 11.1 Å². The summed E-state index contributed by atoms with van der Waals surface area (Å²) in [6, 6.07) is 8.25. The van der Waals surface area contributed by atoms with Crippen molar-refractivity contribution in [2.24, 2.45) is 0 Å². The van der Waals surface area contributed by atoms with Crippen LogP contribution in [0.4, 0.5) is 4.39 Å². The molecular weight excluding hydrogens is 333 g/mol. The monoisotopic (exact) mass is 345 g/mol. The summed E-state index contributed by atoms with van der Waals surface area (Å²) < 4.78 is 20.3. The largest absolute Gasteiger partial charge is 0.452 e. The highest BCUT2D eigenvalue weighted by atomic mass is 79.9. The predicted octanol–water partition coefficient (Wildman–Crippen LogP) is 4.92. The molecule has 0 saturated carbocycles. The van der Waals surface area contributed by atoms with Crippen molar-refractivity contribution in [3.8, 4) is 0 Å². The maximum atomic E-state index is 14.1. The van der Waals surface area contributed by atoms with Gasteiger partial charge in [-0.25, -0.2) is 4.39 Å². The Kier molecular flexibility index (Phi) is 5.02. The summed E-state index contributed by atoms with van der Waals surface area (Å²) >= 11 is 9.10. The lowest BCUT2D eigenvalue weighted by Crippen LogP contribution is -2.23.